The summed E-state index contributed by atoms with van der Waals surface area (Å²) in [6.45, 7) is -0.0668. The second-order valence-electron chi connectivity index (χ2n) is 5.38. The van der Waals surface area contributed by atoms with E-state index >= 15 is 0 Å². The maximum absolute atomic E-state index is 13.1. The molecular formula is C15H20F3NO2. The van der Waals surface area contributed by atoms with E-state index in [0.29, 0.717) is 12.2 Å². The zero-order valence-electron chi connectivity index (χ0n) is 11.7. The van der Waals surface area contributed by atoms with E-state index in [1.54, 1.807) is 6.07 Å². The number of hydrogen-bond donors (Lipinski definition) is 2. The Labute approximate surface area is 122 Å². The smallest absolute Gasteiger partial charge is 0.394 e. The number of benzene rings is 1. The van der Waals surface area contributed by atoms with E-state index in [2.05, 4.69) is 0 Å². The number of rotatable bonds is 3. The first-order chi connectivity index (χ1) is 9.97. The van der Waals surface area contributed by atoms with Crippen molar-refractivity contribution in [1.82, 2.24) is 0 Å². The SMILES string of the molecule is OCc1ccc(N2CCCCCC2CO)cc1C(F)(F)F. The van der Waals surface area contributed by atoms with Crippen molar-refractivity contribution >= 4 is 5.69 Å². The second kappa shape index (κ2) is 6.66. The molecule has 0 saturated carbocycles. The van der Waals surface area contributed by atoms with Crippen LogP contribution in [0.2, 0.25) is 0 Å². The highest BCUT2D eigenvalue weighted by Crippen LogP contribution is 2.35. The normalized spacial score (nSPS) is 20.4. The highest BCUT2D eigenvalue weighted by atomic mass is 19.4. The van der Waals surface area contributed by atoms with Gasteiger partial charge in [-0.3, -0.25) is 0 Å². The Hall–Kier alpha value is -1.27. The van der Waals surface area contributed by atoms with Crippen LogP contribution in [0.1, 0.15) is 36.8 Å². The maximum Gasteiger partial charge on any atom is 0.416 e. The van der Waals surface area contributed by atoms with E-state index in [0.717, 1.165) is 31.7 Å². The third kappa shape index (κ3) is 3.68. The van der Waals surface area contributed by atoms with Gasteiger partial charge < -0.3 is 15.1 Å². The molecule has 21 heavy (non-hydrogen) atoms. The number of aliphatic hydroxyl groups excluding tert-OH is 2. The lowest BCUT2D eigenvalue weighted by Crippen LogP contribution is -2.37. The number of aliphatic hydroxyl groups is 2. The highest BCUT2D eigenvalue weighted by Gasteiger charge is 2.34. The average molecular weight is 303 g/mol. The molecule has 0 radical (unpaired) electrons. The van der Waals surface area contributed by atoms with E-state index in [4.69, 9.17) is 5.11 Å². The van der Waals surface area contributed by atoms with Gasteiger partial charge in [0.1, 0.15) is 0 Å². The molecule has 1 aromatic carbocycles. The molecule has 1 heterocycles. The van der Waals surface area contributed by atoms with Crippen molar-refractivity contribution in [3.8, 4) is 0 Å². The largest absolute Gasteiger partial charge is 0.416 e. The maximum atomic E-state index is 13.1. The molecule has 2 N–H and O–H groups in total. The molecule has 1 fully saturated rings. The molecule has 1 aliphatic heterocycles. The minimum Gasteiger partial charge on any atom is -0.394 e. The Morgan fingerprint density at radius 3 is 2.52 bits per heavy atom. The molecule has 0 aliphatic carbocycles. The molecular weight excluding hydrogens is 283 g/mol. The molecule has 1 atom stereocenters. The minimum atomic E-state index is -4.49. The van der Waals surface area contributed by atoms with Crippen LogP contribution in [0.15, 0.2) is 18.2 Å². The highest BCUT2D eigenvalue weighted by molar-refractivity contribution is 5.53. The van der Waals surface area contributed by atoms with Crippen LogP contribution in [-0.4, -0.2) is 29.4 Å². The summed E-state index contributed by atoms with van der Waals surface area (Å²) in [7, 11) is 0. The van der Waals surface area contributed by atoms with Crippen molar-refractivity contribution in [2.75, 3.05) is 18.1 Å². The van der Waals surface area contributed by atoms with E-state index < -0.39 is 18.3 Å². The summed E-state index contributed by atoms with van der Waals surface area (Å²) in [6.07, 6.45) is -0.815. The Kier molecular flexibility index (Phi) is 5.11. The fourth-order valence-electron chi connectivity index (χ4n) is 2.85. The summed E-state index contributed by atoms with van der Waals surface area (Å²) in [4.78, 5) is 1.85. The Bertz CT molecular complexity index is 476. The number of anilines is 1. The van der Waals surface area contributed by atoms with Crippen molar-refractivity contribution in [2.24, 2.45) is 0 Å². The van der Waals surface area contributed by atoms with Crippen molar-refractivity contribution in [2.45, 2.75) is 44.5 Å². The summed E-state index contributed by atoms with van der Waals surface area (Å²) >= 11 is 0. The lowest BCUT2D eigenvalue weighted by atomic mass is 10.0. The predicted molar refractivity (Wildman–Crippen MR) is 74.1 cm³/mol. The summed E-state index contributed by atoms with van der Waals surface area (Å²) in [6, 6.07) is 3.85. The fourth-order valence-corrected chi connectivity index (χ4v) is 2.85. The molecule has 6 heteroatoms. The van der Waals surface area contributed by atoms with Gasteiger partial charge in [0.25, 0.3) is 0 Å². The van der Waals surface area contributed by atoms with E-state index in [-0.39, 0.29) is 18.2 Å². The van der Waals surface area contributed by atoms with Gasteiger partial charge in [-0.25, -0.2) is 0 Å². The lowest BCUT2D eigenvalue weighted by Gasteiger charge is -2.31. The number of alkyl halides is 3. The van der Waals surface area contributed by atoms with E-state index in [1.165, 1.54) is 6.07 Å². The average Bonchev–Trinajstić information content (AvgIpc) is 2.70. The van der Waals surface area contributed by atoms with Crippen LogP contribution in [-0.2, 0) is 12.8 Å². The van der Waals surface area contributed by atoms with Gasteiger partial charge in [0.2, 0.25) is 0 Å². The van der Waals surface area contributed by atoms with Gasteiger partial charge in [-0.05, 0) is 30.5 Å². The van der Waals surface area contributed by atoms with Gasteiger partial charge in [-0.1, -0.05) is 18.9 Å². The summed E-state index contributed by atoms with van der Waals surface area (Å²) < 4.78 is 39.2. The molecule has 118 valence electrons. The topological polar surface area (TPSA) is 43.7 Å². The van der Waals surface area contributed by atoms with Crippen LogP contribution in [0, 0.1) is 0 Å². The zero-order chi connectivity index (χ0) is 15.5. The van der Waals surface area contributed by atoms with Gasteiger partial charge >= 0.3 is 6.18 Å². The molecule has 0 amide bonds. The summed E-state index contributed by atoms with van der Waals surface area (Å²) in [5.41, 5.74) is -0.467. The molecule has 1 aliphatic rings. The van der Waals surface area contributed by atoms with Crippen molar-refractivity contribution in [3.05, 3.63) is 29.3 Å². The molecule has 1 aromatic rings. The van der Waals surface area contributed by atoms with Crippen molar-refractivity contribution < 1.29 is 23.4 Å². The number of halogens is 3. The van der Waals surface area contributed by atoms with Crippen LogP contribution < -0.4 is 4.90 Å². The standard InChI is InChI=1S/C15H20F3NO2/c16-15(17,18)14-8-12(6-5-11(14)9-20)19-7-3-1-2-4-13(19)10-21/h5-6,8,13,20-21H,1-4,7,9-10H2. The predicted octanol–water partition coefficient (Wildman–Crippen LogP) is 2.94. The molecule has 0 bridgehead atoms. The molecule has 1 saturated heterocycles. The molecule has 1 unspecified atom stereocenters. The van der Waals surface area contributed by atoms with Crippen LogP contribution in [0.4, 0.5) is 18.9 Å². The zero-order valence-corrected chi connectivity index (χ0v) is 11.7. The number of nitrogens with zero attached hydrogens (tertiary/aromatic N) is 1. The van der Waals surface area contributed by atoms with Gasteiger partial charge in [0, 0.05) is 12.2 Å². The summed E-state index contributed by atoms with van der Waals surface area (Å²) in [5.74, 6) is 0. The number of hydrogen-bond acceptors (Lipinski definition) is 3. The molecule has 2 rings (SSSR count). The molecule has 0 aromatic heterocycles. The van der Waals surface area contributed by atoms with Crippen molar-refractivity contribution in [1.29, 1.82) is 0 Å². The molecule has 0 spiro atoms. The van der Waals surface area contributed by atoms with Crippen LogP contribution >= 0.6 is 0 Å². The second-order valence-corrected chi connectivity index (χ2v) is 5.38. The van der Waals surface area contributed by atoms with E-state index in [1.807, 2.05) is 4.90 Å². The van der Waals surface area contributed by atoms with Crippen LogP contribution in [0.5, 0.6) is 0 Å². The van der Waals surface area contributed by atoms with Crippen LogP contribution in [0.3, 0.4) is 0 Å². The monoisotopic (exact) mass is 303 g/mol. The first-order valence-electron chi connectivity index (χ1n) is 7.16. The summed E-state index contributed by atoms with van der Waals surface area (Å²) in [5, 5.41) is 18.5. The van der Waals surface area contributed by atoms with Gasteiger partial charge in [-0.2, -0.15) is 13.2 Å². The fraction of sp³-hybridized carbons (Fsp3) is 0.600. The first-order valence-corrected chi connectivity index (χ1v) is 7.16. The quantitative estimate of drug-likeness (QED) is 0.902. The van der Waals surface area contributed by atoms with Crippen molar-refractivity contribution in [3.63, 3.8) is 0 Å². The lowest BCUT2D eigenvalue weighted by molar-refractivity contribution is -0.138. The minimum absolute atomic E-state index is 0.0664. The van der Waals surface area contributed by atoms with Crippen LogP contribution in [0.25, 0.3) is 0 Å². The van der Waals surface area contributed by atoms with Gasteiger partial charge in [-0.15, -0.1) is 0 Å². The first kappa shape index (κ1) is 16.1. The van der Waals surface area contributed by atoms with E-state index in [9.17, 15) is 18.3 Å². The van der Waals surface area contributed by atoms with Gasteiger partial charge in [0.05, 0.1) is 24.8 Å². The Morgan fingerprint density at radius 2 is 1.90 bits per heavy atom. The van der Waals surface area contributed by atoms with Gasteiger partial charge in [0.15, 0.2) is 0 Å². The Morgan fingerprint density at radius 1 is 1.14 bits per heavy atom. The Balaban J connectivity index is 2.38. The third-order valence-electron chi connectivity index (χ3n) is 3.99. The molecule has 3 nitrogen and oxygen atoms in total. The third-order valence-corrected chi connectivity index (χ3v) is 3.99.